The lowest BCUT2D eigenvalue weighted by Gasteiger charge is -2.26. The first-order valence-corrected chi connectivity index (χ1v) is 29.9. The summed E-state index contributed by atoms with van der Waals surface area (Å²) in [6.07, 6.45) is 70.5. The molecule has 0 saturated heterocycles. The fourth-order valence-corrected chi connectivity index (χ4v) is 8.70. The molecule has 3 unspecified atom stereocenters. The maximum atomic E-state index is 13.0. The van der Waals surface area contributed by atoms with Crippen molar-refractivity contribution in [2.45, 2.75) is 251 Å². The van der Waals surface area contributed by atoms with Gasteiger partial charge in [0.25, 0.3) is 0 Å². The van der Waals surface area contributed by atoms with Crippen molar-refractivity contribution in [3.8, 4) is 0 Å². The molecule has 3 N–H and O–H groups in total. The maximum absolute atomic E-state index is 13.0. The van der Waals surface area contributed by atoms with Gasteiger partial charge in [0.1, 0.15) is 13.2 Å². The number of carbonyl (C=O) groups is 1. The smallest absolute Gasteiger partial charge is 0.391 e. The zero-order valence-electron chi connectivity index (χ0n) is 45.5. The van der Waals surface area contributed by atoms with Crippen LogP contribution in [0.25, 0.3) is 0 Å². The van der Waals surface area contributed by atoms with E-state index in [1.807, 2.05) is 21.1 Å². The Balaban J connectivity index is 4.23. The molecule has 8 nitrogen and oxygen atoms in total. The number of hydrogen-bond donors (Lipinski definition) is 3. The van der Waals surface area contributed by atoms with Crippen molar-refractivity contribution < 1.29 is 32.9 Å². The van der Waals surface area contributed by atoms with Gasteiger partial charge in [-0.3, -0.25) is 13.8 Å². The summed E-state index contributed by atoms with van der Waals surface area (Å²) in [5, 5.41) is 14.1. The number of allylic oxidation sites excluding steroid dienone is 14. The lowest BCUT2D eigenvalue weighted by atomic mass is 10.0. The molecule has 0 spiro atoms. The van der Waals surface area contributed by atoms with Crippen molar-refractivity contribution in [1.82, 2.24) is 5.32 Å². The molecule has 0 radical (unpaired) electrons. The van der Waals surface area contributed by atoms with Crippen molar-refractivity contribution >= 4 is 13.7 Å². The number of nitrogens with one attached hydrogen (secondary N) is 1. The van der Waals surface area contributed by atoms with Gasteiger partial charge in [0.05, 0.1) is 39.9 Å². The Labute approximate surface area is 426 Å². The molecule has 9 heteroatoms. The number of aliphatic hydroxyl groups excluding tert-OH is 1. The van der Waals surface area contributed by atoms with Gasteiger partial charge in [0.15, 0.2) is 0 Å². The molecule has 0 aliphatic heterocycles. The first-order valence-electron chi connectivity index (χ1n) is 28.5. The Hall–Kier alpha value is -2.32. The van der Waals surface area contributed by atoms with E-state index in [4.69, 9.17) is 9.05 Å². The van der Waals surface area contributed by atoms with Crippen molar-refractivity contribution in [3.63, 3.8) is 0 Å². The molecule has 0 aromatic rings. The van der Waals surface area contributed by atoms with Gasteiger partial charge in [-0.15, -0.1) is 0 Å². The first-order chi connectivity index (χ1) is 33.5. The number of hydrogen-bond acceptors (Lipinski definition) is 5. The average Bonchev–Trinajstić information content (AvgIpc) is 3.31. The SMILES string of the molecule is CC/C=C\C/C=C\C/C=C\C/C=C\C/C=C\C/C=C\C/C=C\CCCCCCCCCC(=O)NC(COP(=O)(O)OCC[N+](C)(C)C)C(O)CCCCCCCCCCCCCCCCCCCC. The lowest BCUT2D eigenvalue weighted by Crippen LogP contribution is -2.46. The Kier molecular flexibility index (Phi) is 48.9. The second-order valence-corrected chi connectivity index (χ2v) is 21.7. The van der Waals surface area contributed by atoms with E-state index in [1.165, 1.54) is 122 Å². The Morgan fingerprint density at radius 3 is 1.28 bits per heavy atom. The number of aliphatic hydroxyl groups is 1. The van der Waals surface area contributed by atoms with Crippen molar-refractivity contribution in [3.05, 3.63) is 85.1 Å². The van der Waals surface area contributed by atoms with Crippen LogP contribution in [0, 0.1) is 0 Å². The van der Waals surface area contributed by atoms with E-state index in [9.17, 15) is 19.4 Å². The Bertz CT molecular complexity index is 1400. The number of phosphoric ester groups is 1. The van der Waals surface area contributed by atoms with Crippen LogP contribution < -0.4 is 5.32 Å². The zero-order chi connectivity index (χ0) is 50.6. The van der Waals surface area contributed by atoms with Crippen LogP contribution in [0.15, 0.2) is 85.1 Å². The molecule has 0 aliphatic carbocycles. The number of nitrogens with zero attached hydrogens (tertiary/aromatic N) is 1. The van der Waals surface area contributed by atoms with Crippen molar-refractivity contribution in [2.24, 2.45) is 0 Å². The summed E-state index contributed by atoms with van der Waals surface area (Å²) in [6.45, 7) is 4.77. The van der Waals surface area contributed by atoms with E-state index >= 15 is 0 Å². The monoisotopic (exact) mass is 986 g/mol. The molecule has 3 atom stereocenters. The molecule has 0 rings (SSSR count). The molecule has 0 aromatic carbocycles. The van der Waals surface area contributed by atoms with Crippen molar-refractivity contribution in [1.29, 1.82) is 0 Å². The molecular formula is C60H110N2O6P+. The van der Waals surface area contributed by atoms with Gasteiger partial charge in [0, 0.05) is 6.42 Å². The van der Waals surface area contributed by atoms with Crippen LogP contribution in [-0.4, -0.2) is 73.4 Å². The minimum absolute atomic E-state index is 0.0684. The van der Waals surface area contributed by atoms with Gasteiger partial charge in [-0.2, -0.15) is 0 Å². The van der Waals surface area contributed by atoms with Gasteiger partial charge >= 0.3 is 7.82 Å². The number of carbonyl (C=O) groups excluding carboxylic acids is 1. The van der Waals surface area contributed by atoms with Gasteiger partial charge in [-0.05, 0) is 70.6 Å². The molecule has 69 heavy (non-hydrogen) atoms. The Morgan fingerprint density at radius 2 is 0.870 bits per heavy atom. The van der Waals surface area contributed by atoms with Crippen LogP contribution in [0.5, 0.6) is 0 Å². The molecule has 0 aliphatic rings. The summed E-state index contributed by atoms with van der Waals surface area (Å²) in [4.78, 5) is 23.3. The van der Waals surface area contributed by atoms with E-state index in [2.05, 4.69) is 104 Å². The number of likely N-dealkylation sites (N-methyl/N-ethyl adjacent to an activating group) is 1. The third kappa shape index (κ3) is 53.3. The van der Waals surface area contributed by atoms with Crippen LogP contribution in [-0.2, 0) is 18.4 Å². The third-order valence-electron chi connectivity index (χ3n) is 12.4. The highest BCUT2D eigenvalue weighted by Crippen LogP contribution is 2.43. The van der Waals surface area contributed by atoms with Crippen molar-refractivity contribution in [2.75, 3.05) is 40.9 Å². The van der Waals surface area contributed by atoms with Gasteiger partial charge < -0.3 is 19.8 Å². The molecule has 0 bridgehead atoms. The third-order valence-corrected chi connectivity index (χ3v) is 13.4. The fraction of sp³-hybridized carbons (Fsp3) is 0.750. The zero-order valence-corrected chi connectivity index (χ0v) is 46.4. The lowest BCUT2D eigenvalue weighted by molar-refractivity contribution is -0.870. The molecule has 1 amide bonds. The fourth-order valence-electron chi connectivity index (χ4n) is 7.97. The minimum Gasteiger partial charge on any atom is -0.391 e. The van der Waals surface area contributed by atoms with Crippen LogP contribution in [0.1, 0.15) is 239 Å². The van der Waals surface area contributed by atoms with Crippen LogP contribution in [0.3, 0.4) is 0 Å². The van der Waals surface area contributed by atoms with E-state index in [1.54, 1.807) is 0 Å². The standard InChI is InChI=1S/C60H109N2O6P/c1-6-8-10-12-14-16-18-20-22-24-26-27-28-29-30-31-32-33-34-35-36-38-40-42-44-46-48-50-52-54-60(64)61-58(57-68-69(65,66)67-56-55-62(3,4)5)59(63)53-51-49-47-45-43-41-39-37-25-23-21-19-17-15-13-11-9-7-2/h8,10,14,16,20,22,26-27,29-30,32-33,35-36,58-59,63H,6-7,9,11-13,15,17-19,21,23-25,28,31,34,37-57H2,1-5H3,(H-,61,64,65,66)/p+1/b10-8-,16-14-,22-20-,27-26-,30-29-,33-32-,36-35-. The highest BCUT2D eigenvalue weighted by atomic mass is 31.2. The van der Waals surface area contributed by atoms with E-state index in [-0.39, 0.29) is 19.1 Å². The second kappa shape index (κ2) is 50.6. The first kappa shape index (κ1) is 66.7. The highest BCUT2D eigenvalue weighted by molar-refractivity contribution is 7.47. The molecule has 0 saturated carbocycles. The van der Waals surface area contributed by atoms with E-state index < -0.39 is 20.0 Å². The quantitative estimate of drug-likeness (QED) is 0.0243. The summed E-state index contributed by atoms with van der Waals surface area (Å²) in [5.74, 6) is -0.157. The summed E-state index contributed by atoms with van der Waals surface area (Å²) in [7, 11) is 1.60. The summed E-state index contributed by atoms with van der Waals surface area (Å²) < 4.78 is 23.8. The molecule has 400 valence electrons. The average molecular weight is 987 g/mol. The highest BCUT2D eigenvalue weighted by Gasteiger charge is 2.28. The van der Waals surface area contributed by atoms with E-state index in [0.29, 0.717) is 23.9 Å². The molecule has 0 aromatic heterocycles. The normalized spacial score (nSPS) is 14.6. The summed E-state index contributed by atoms with van der Waals surface area (Å²) in [5.41, 5.74) is 0. The number of phosphoric acid groups is 1. The topological polar surface area (TPSA) is 105 Å². The predicted molar refractivity (Wildman–Crippen MR) is 299 cm³/mol. The molecule has 0 heterocycles. The molecule has 0 fully saturated rings. The van der Waals surface area contributed by atoms with Crippen LogP contribution in [0.4, 0.5) is 0 Å². The maximum Gasteiger partial charge on any atom is 0.472 e. The van der Waals surface area contributed by atoms with Gasteiger partial charge in [-0.25, -0.2) is 4.57 Å². The Morgan fingerprint density at radius 1 is 0.507 bits per heavy atom. The van der Waals surface area contributed by atoms with Gasteiger partial charge in [-0.1, -0.05) is 247 Å². The summed E-state index contributed by atoms with van der Waals surface area (Å²) in [6, 6.07) is -0.773. The number of rotatable bonds is 51. The largest absolute Gasteiger partial charge is 0.472 e. The predicted octanol–water partition coefficient (Wildman–Crippen LogP) is 17.3. The van der Waals surface area contributed by atoms with Gasteiger partial charge in [0.2, 0.25) is 5.91 Å². The minimum atomic E-state index is -4.33. The summed E-state index contributed by atoms with van der Waals surface area (Å²) >= 11 is 0. The van der Waals surface area contributed by atoms with E-state index in [0.717, 1.165) is 89.9 Å². The number of amides is 1. The van der Waals surface area contributed by atoms with Crippen LogP contribution >= 0.6 is 7.82 Å². The number of quaternary nitrogens is 1. The van der Waals surface area contributed by atoms with Crippen LogP contribution in [0.2, 0.25) is 0 Å². The second-order valence-electron chi connectivity index (χ2n) is 20.3. The number of unbranched alkanes of at least 4 members (excludes halogenated alkanes) is 24. The molecular weight excluding hydrogens is 876 g/mol.